The van der Waals surface area contributed by atoms with Crippen molar-refractivity contribution in [1.82, 2.24) is 0 Å². The van der Waals surface area contributed by atoms with E-state index in [1.54, 1.807) is 6.08 Å². The molecule has 0 spiro atoms. The molecule has 6 atom stereocenters. The minimum atomic E-state index is -0.132. The Bertz CT molecular complexity index is 717. The molecular weight excluding hydrogens is 316 g/mol. The van der Waals surface area contributed by atoms with Crippen LogP contribution in [0.2, 0.25) is 0 Å². The summed E-state index contributed by atoms with van der Waals surface area (Å²) in [5.41, 5.74) is 2.05. The number of allylic oxidation sites excluding steroid dienone is 3. The number of rotatable bonds is 0. The Morgan fingerprint density at radius 3 is 2.62 bits per heavy atom. The Morgan fingerprint density at radius 1 is 1.21 bits per heavy atom. The van der Waals surface area contributed by atoms with Gasteiger partial charge in [-0.05, 0) is 56.4 Å². The van der Waals surface area contributed by atoms with Crippen molar-refractivity contribution < 1.29 is 9.59 Å². The summed E-state index contributed by atoms with van der Waals surface area (Å²) in [5, 5.41) is 0. The monoisotopic (exact) mass is 342 g/mol. The second-order valence-corrected chi connectivity index (χ2v) is 9.37. The third-order valence-electron chi connectivity index (χ3n) is 8.12. The molecule has 0 aliphatic heterocycles. The topological polar surface area (TPSA) is 34.1 Å². The molecule has 3 fully saturated rings. The smallest absolute Gasteiger partial charge is 0.193 e. The fraction of sp³-hybridized carbons (Fsp3) is 0.667. The molecule has 0 bridgehead atoms. The van der Waals surface area contributed by atoms with Gasteiger partial charge in [0.25, 0.3) is 0 Å². The van der Waals surface area contributed by atoms with Gasteiger partial charge in [-0.25, -0.2) is 0 Å². The molecule has 4 rings (SSSR count). The van der Waals surface area contributed by atoms with Gasteiger partial charge in [0.1, 0.15) is 5.78 Å². The van der Waals surface area contributed by atoms with Gasteiger partial charge < -0.3 is 0 Å². The van der Waals surface area contributed by atoms with E-state index in [1.165, 1.54) is 0 Å². The molecule has 0 aromatic rings. The first kappa shape index (κ1) is 16.4. The van der Waals surface area contributed by atoms with E-state index < -0.39 is 0 Å². The Hall–Kier alpha value is -1.09. The highest BCUT2D eigenvalue weighted by molar-refractivity contribution is 7.82. The van der Waals surface area contributed by atoms with Crippen LogP contribution in [0.3, 0.4) is 0 Å². The van der Waals surface area contributed by atoms with Crippen molar-refractivity contribution in [1.29, 1.82) is 0 Å². The van der Waals surface area contributed by atoms with Crippen LogP contribution in [-0.4, -0.2) is 16.4 Å². The number of thiocarbonyl (C=S) groups is 1. The summed E-state index contributed by atoms with van der Waals surface area (Å²) in [6, 6.07) is 0. The van der Waals surface area contributed by atoms with Gasteiger partial charge in [-0.2, -0.15) is 0 Å². The van der Waals surface area contributed by atoms with Crippen LogP contribution < -0.4 is 0 Å². The number of carbonyl (C=O) groups excluding carboxylic acids is 2. The predicted molar refractivity (Wildman–Crippen MR) is 98.8 cm³/mol. The molecule has 0 radical (unpaired) electrons. The van der Waals surface area contributed by atoms with Crippen LogP contribution in [0.1, 0.15) is 52.9 Å². The molecule has 128 valence electrons. The lowest BCUT2D eigenvalue weighted by atomic mass is 9.44. The SMILES string of the molecule is C=C1C[C@@H]2[C@H](CC[C@]3(C)C(=O)CC[C@@H]23)[C@@]2(C)C(C)=CC(=O)C(=S)C12. The van der Waals surface area contributed by atoms with Gasteiger partial charge >= 0.3 is 0 Å². The van der Waals surface area contributed by atoms with Gasteiger partial charge in [-0.3, -0.25) is 9.59 Å². The first-order valence-electron chi connectivity index (χ1n) is 9.19. The van der Waals surface area contributed by atoms with Crippen molar-refractivity contribution in [3.63, 3.8) is 0 Å². The Kier molecular flexibility index (Phi) is 3.39. The minimum absolute atomic E-state index is 0.00117. The van der Waals surface area contributed by atoms with E-state index in [4.69, 9.17) is 12.2 Å². The molecule has 2 nitrogen and oxygen atoms in total. The Morgan fingerprint density at radius 2 is 1.92 bits per heavy atom. The molecule has 0 heterocycles. The molecule has 4 aliphatic carbocycles. The van der Waals surface area contributed by atoms with E-state index in [-0.39, 0.29) is 22.5 Å². The summed E-state index contributed by atoms with van der Waals surface area (Å²) in [7, 11) is 0. The van der Waals surface area contributed by atoms with E-state index in [0.717, 1.165) is 43.3 Å². The first-order valence-corrected chi connectivity index (χ1v) is 9.60. The molecule has 1 unspecified atom stereocenters. The van der Waals surface area contributed by atoms with Crippen molar-refractivity contribution in [3.8, 4) is 0 Å². The lowest BCUT2D eigenvalue weighted by molar-refractivity contribution is -0.132. The van der Waals surface area contributed by atoms with Crippen molar-refractivity contribution >= 4 is 28.6 Å². The molecule has 0 aromatic carbocycles. The third kappa shape index (κ3) is 1.80. The summed E-state index contributed by atoms with van der Waals surface area (Å²) >= 11 is 5.55. The van der Waals surface area contributed by atoms with Crippen LogP contribution in [0.15, 0.2) is 23.8 Å². The highest BCUT2D eigenvalue weighted by atomic mass is 32.1. The molecule has 24 heavy (non-hydrogen) atoms. The van der Waals surface area contributed by atoms with Crippen LogP contribution in [0, 0.1) is 34.5 Å². The average Bonchev–Trinajstić information content (AvgIpc) is 2.81. The second-order valence-electron chi connectivity index (χ2n) is 8.93. The minimum Gasteiger partial charge on any atom is -0.299 e. The van der Waals surface area contributed by atoms with Crippen LogP contribution in [0.5, 0.6) is 0 Å². The van der Waals surface area contributed by atoms with Crippen molar-refractivity contribution in [3.05, 3.63) is 23.8 Å². The maximum absolute atomic E-state index is 12.5. The van der Waals surface area contributed by atoms with Crippen LogP contribution >= 0.6 is 12.2 Å². The van der Waals surface area contributed by atoms with E-state index >= 15 is 0 Å². The fourth-order valence-electron chi connectivity index (χ4n) is 6.69. The van der Waals surface area contributed by atoms with Gasteiger partial charge in [0.05, 0.1) is 4.86 Å². The number of carbonyl (C=O) groups is 2. The number of hydrogen-bond donors (Lipinski definition) is 0. The van der Waals surface area contributed by atoms with Crippen LogP contribution in [0.4, 0.5) is 0 Å². The van der Waals surface area contributed by atoms with E-state index in [0.29, 0.717) is 28.4 Å². The van der Waals surface area contributed by atoms with E-state index in [9.17, 15) is 9.59 Å². The molecule has 4 aliphatic rings. The maximum atomic E-state index is 12.5. The zero-order chi connectivity index (χ0) is 17.4. The summed E-state index contributed by atoms with van der Waals surface area (Å²) in [5.74, 6) is 1.94. The van der Waals surface area contributed by atoms with Crippen LogP contribution in [-0.2, 0) is 9.59 Å². The Labute approximate surface area is 149 Å². The predicted octanol–water partition coefficient (Wildman–Crippen LogP) is 4.48. The van der Waals surface area contributed by atoms with Crippen molar-refractivity contribution in [2.75, 3.05) is 0 Å². The highest BCUT2D eigenvalue weighted by Crippen LogP contribution is 2.66. The van der Waals surface area contributed by atoms with Crippen molar-refractivity contribution in [2.45, 2.75) is 52.9 Å². The number of ketones is 2. The van der Waals surface area contributed by atoms with Gasteiger partial charge in [0.15, 0.2) is 5.78 Å². The second kappa shape index (κ2) is 4.97. The molecule has 0 amide bonds. The zero-order valence-electron chi connectivity index (χ0n) is 14.9. The molecule has 0 aromatic heterocycles. The normalized spacial score (nSPS) is 47.9. The van der Waals surface area contributed by atoms with Gasteiger partial charge in [-0.15, -0.1) is 0 Å². The molecular formula is C21H26O2S. The van der Waals surface area contributed by atoms with E-state index in [2.05, 4.69) is 27.4 Å². The quantitative estimate of drug-likeness (QED) is 0.481. The molecule has 0 saturated heterocycles. The number of fused-ring (bicyclic) bond motifs is 5. The van der Waals surface area contributed by atoms with Crippen LogP contribution in [0.25, 0.3) is 0 Å². The van der Waals surface area contributed by atoms with Gasteiger partial charge in [-0.1, -0.05) is 43.8 Å². The average molecular weight is 343 g/mol. The fourth-order valence-corrected chi connectivity index (χ4v) is 7.16. The molecule has 3 heteroatoms. The lowest BCUT2D eigenvalue weighted by Gasteiger charge is -2.59. The summed E-state index contributed by atoms with van der Waals surface area (Å²) < 4.78 is 0. The lowest BCUT2D eigenvalue weighted by Crippen LogP contribution is -2.56. The first-order chi connectivity index (χ1) is 11.2. The molecule has 0 N–H and O–H groups in total. The van der Waals surface area contributed by atoms with Gasteiger partial charge in [0.2, 0.25) is 0 Å². The number of hydrogen-bond acceptors (Lipinski definition) is 3. The highest BCUT2D eigenvalue weighted by Gasteiger charge is 2.62. The summed E-state index contributed by atoms with van der Waals surface area (Å²) in [4.78, 5) is 25.3. The van der Waals surface area contributed by atoms with E-state index in [1.807, 2.05) is 0 Å². The van der Waals surface area contributed by atoms with Crippen molar-refractivity contribution in [2.24, 2.45) is 34.5 Å². The number of Topliss-reactive ketones (excluding diaryl/α,β-unsaturated/α-hetero) is 1. The zero-order valence-corrected chi connectivity index (χ0v) is 15.7. The molecule has 3 saturated carbocycles. The summed E-state index contributed by atoms with van der Waals surface area (Å²) in [6.07, 6.45) is 6.51. The van der Waals surface area contributed by atoms with Gasteiger partial charge in [0, 0.05) is 23.2 Å². The standard InChI is InChI=1S/C21H26O2S/c1-11-9-13-14-5-6-17(23)20(14,3)8-7-15(13)21(4)12(2)10-16(22)19(24)18(11)21/h10,13-15,18H,1,5-9H2,2-4H3/t13-,14-,15-,18?,20-,21+/m0/s1. The Balaban J connectivity index is 1.82. The largest absolute Gasteiger partial charge is 0.299 e. The summed E-state index contributed by atoms with van der Waals surface area (Å²) in [6.45, 7) is 10.9. The third-order valence-corrected chi connectivity index (χ3v) is 8.56. The maximum Gasteiger partial charge on any atom is 0.193 e.